The number of urea groups is 1. The van der Waals surface area contributed by atoms with Gasteiger partial charge in [-0.25, -0.2) is 4.79 Å². The van der Waals surface area contributed by atoms with Crippen molar-refractivity contribution in [1.29, 1.82) is 5.26 Å². The summed E-state index contributed by atoms with van der Waals surface area (Å²) in [5, 5.41) is 15.4. The molecular weight excluding hydrogens is 348 g/mol. The molecule has 1 aromatic carbocycles. The van der Waals surface area contributed by atoms with E-state index in [0.717, 1.165) is 23.2 Å². The largest absolute Gasteiger partial charge is 0.333 e. The zero-order valence-corrected chi connectivity index (χ0v) is 16.1. The Bertz CT molecular complexity index is 944. The van der Waals surface area contributed by atoms with Crippen molar-refractivity contribution in [2.24, 2.45) is 17.8 Å². The third kappa shape index (κ3) is 3.38. The molecule has 0 spiro atoms. The van der Waals surface area contributed by atoms with Crippen molar-refractivity contribution in [1.82, 2.24) is 15.6 Å². The number of carbonyl (C=O) groups is 1. The summed E-state index contributed by atoms with van der Waals surface area (Å²) in [7, 11) is 0. The van der Waals surface area contributed by atoms with Gasteiger partial charge in [-0.3, -0.25) is 4.98 Å². The van der Waals surface area contributed by atoms with Gasteiger partial charge in [-0.1, -0.05) is 44.2 Å². The quantitative estimate of drug-likeness (QED) is 0.855. The minimum Gasteiger partial charge on any atom is -0.333 e. The van der Waals surface area contributed by atoms with Crippen LogP contribution in [0.1, 0.15) is 31.5 Å². The van der Waals surface area contributed by atoms with E-state index < -0.39 is 0 Å². The third-order valence-corrected chi connectivity index (χ3v) is 6.23. The molecule has 2 heterocycles. The van der Waals surface area contributed by atoms with Crippen LogP contribution >= 0.6 is 0 Å². The van der Waals surface area contributed by atoms with E-state index in [9.17, 15) is 10.1 Å². The molecule has 0 radical (unpaired) electrons. The van der Waals surface area contributed by atoms with E-state index in [-0.39, 0.29) is 24.0 Å². The van der Waals surface area contributed by atoms with Gasteiger partial charge in [0.15, 0.2) is 0 Å². The van der Waals surface area contributed by atoms with Crippen LogP contribution in [0.3, 0.4) is 0 Å². The maximum absolute atomic E-state index is 11.8. The molecule has 2 fully saturated rings. The Hall–Kier alpha value is -3.13. The highest BCUT2D eigenvalue weighted by Gasteiger charge is 2.44. The first-order chi connectivity index (χ1) is 13.6. The van der Waals surface area contributed by atoms with Crippen molar-refractivity contribution in [3.63, 3.8) is 0 Å². The van der Waals surface area contributed by atoms with Gasteiger partial charge in [0.1, 0.15) is 0 Å². The van der Waals surface area contributed by atoms with Crippen molar-refractivity contribution in [3.8, 4) is 17.2 Å². The van der Waals surface area contributed by atoms with E-state index in [4.69, 9.17) is 0 Å². The highest BCUT2D eigenvalue weighted by Crippen LogP contribution is 2.37. The maximum Gasteiger partial charge on any atom is 0.315 e. The fourth-order valence-corrected chi connectivity index (χ4v) is 4.44. The van der Waals surface area contributed by atoms with Crippen molar-refractivity contribution in [3.05, 3.63) is 59.9 Å². The number of amides is 2. The summed E-state index contributed by atoms with van der Waals surface area (Å²) in [4.78, 5) is 16.3. The molecule has 4 rings (SSSR count). The molecule has 5 heteroatoms. The Kier molecular flexibility index (Phi) is 4.87. The first-order valence-corrected chi connectivity index (χ1v) is 9.77. The molecule has 0 unspecified atom stereocenters. The van der Waals surface area contributed by atoms with Gasteiger partial charge in [0.05, 0.1) is 29.4 Å². The maximum atomic E-state index is 11.8. The number of hydrogen-bond donors (Lipinski definition) is 2. The highest BCUT2D eigenvalue weighted by atomic mass is 16.2. The van der Waals surface area contributed by atoms with Crippen LogP contribution in [-0.2, 0) is 0 Å². The van der Waals surface area contributed by atoms with Crippen LogP contribution in [0.4, 0.5) is 4.79 Å². The molecule has 2 amide bonds. The molecule has 2 aromatic rings. The van der Waals surface area contributed by atoms with Gasteiger partial charge in [0.2, 0.25) is 0 Å². The van der Waals surface area contributed by atoms with E-state index in [1.165, 1.54) is 0 Å². The van der Waals surface area contributed by atoms with E-state index in [2.05, 4.69) is 41.6 Å². The SMILES string of the molecule is C[C@H]1[C@H](C=Cc2ccc(-c3ccccc3C#N)cn2)[C@@H]2NC(=O)N[C@@H]2C[C@@H]1C. The fourth-order valence-electron chi connectivity index (χ4n) is 4.44. The van der Waals surface area contributed by atoms with Gasteiger partial charge in [-0.15, -0.1) is 0 Å². The monoisotopic (exact) mass is 372 g/mol. The lowest BCUT2D eigenvalue weighted by Crippen LogP contribution is -2.48. The van der Waals surface area contributed by atoms with Gasteiger partial charge in [0.25, 0.3) is 0 Å². The summed E-state index contributed by atoms with van der Waals surface area (Å²) in [6, 6.07) is 14.0. The number of carbonyl (C=O) groups excluding carboxylic acids is 1. The van der Waals surface area contributed by atoms with Crippen LogP contribution in [0.25, 0.3) is 17.2 Å². The number of nitrogens with one attached hydrogen (secondary N) is 2. The van der Waals surface area contributed by atoms with E-state index in [0.29, 0.717) is 17.4 Å². The normalized spacial score (nSPS) is 29.0. The number of nitriles is 1. The molecule has 5 nitrogen and oxygen atoms in total. The molecule has 1 aliphatic carbocycles. The van der Waals surface area contributed by atoms with Crippen molar-refractivity contribution >= 4 is 12.1 Å². The van der Waals surface area contributed by atoms with Crippen LogP contribution in [0.5, 0.6) is 0 Å². The topological polar surface area (TPSA) is 77.8 Å². The summed E-state index contributed by atoms with van der Waals surface area (Å²) in [6.07, 6.45) is 7.06. The zero-order valence-electron chi connectivity index (χ0n) is 16.1. The predicted molar refractivity (Wildman–Crippen MR) is 109 cm³/mol. The molecule has 1 saturated heterocycles. The van der Waals surface area contributed by atoms with Gasteiger partial charge in [0, 0.05) is 23.2 Å². The summed E-state index contributed by atoms with van der Waals surface area (Å²) in [5.74, 6) is 1.31. The van der Waals surface area contributed by atoms with Crippen LogP contribution in [0.15, 0.2) is 48.7 Å². The number of hydrogen-bond acceptors (Lipinski definition) is 3. The third-order valence-electron chi connectivity index (χ3n) is 6.23. The second kappa shape index (κ2) is 7.47. The molecule has 2 N–H and O–H groups in total. The minimum absolute atomic E-state index is 0.0617. The van der Waals surface area contributed by atoms with E-state index in [1.54, 1.807) is 0 Å². The Morgan fingerprint density at radius 1 is 1.18 bits per heavy atom. The van der Waals surface area contributed by atoms with Crippen LogP contribution in [-0.4, -0.2) is 23.1 Å². The summed E-state index contributed by atoms with van der Waals surface area (Å²) in [6.45, 7) is 4.52. The molecule has 5 atom stereocenters. The zero-order chi connectivity index (χ0) is 19.7. The Morgan fingerprint density at radius 3 is 2.75 bits per heavy atom. The first kappa shape index (κ1) is 18.2. The van der Waals surface area contributed by atoms with Crippen LogP contribution in [0.2, 0.25) is 0 Å². The first-order valence-electron chi connectivity index (χ1n) is 9.77. The Morgan fingerprint density at radius 2 is 2.00 bits per heavy atom. The van der Waals surface area contributed by atoms with Crippen molar-refractivity contribution in [2.45, 2.75) is 32.4 Å². The second-order valence-electron chi connectivity index (χ2n) is 7.89. The van der Waals surface area contributed by atoms with Crippen LogP contribution in [0, 0.1) is 29.1 Å². The molecule has 142 valence electrons. The van der Waals surface area contributed by atoms with E-state index in [1.807, 2.05) is 48.7 Å². The Labute approximate surface area is 165 Å². The molecule has 0 bridgehead atoms. The lowest BCUT2D eigenvalue weighted by Gasteiger charge is -2.40. The van der Waals surface area contributed by atoms with E-state index >= 15 is 0 Å². The van der Waals surface area contributed by atoms with Crippen molar-refractivity contribution < 1.29 is 4.79 Å². The predicted octanol–water partition coefficient (Wildman–Crippen LogP) is 3.98. The lowest BCUT2D eigenvalue weighted by atomic mass is 9.69. The fraction of sp³-hybridized carbons (Fsp3) is 0.348. The average molecular weight is 372 g/mol. The van der Waals surface area contributed by atoms with Crippen molar-refractivity contribution in [2.75, 3.05) is 0 Å². The molecule has 1 saturated carbocycles. The standard InChI is InChI=1S/C23H24N4O/c1-14-11-21-22(27-23(28)26-21)19(15(14)2)10-9-18-8-7-17(13-25-18)20-6-4-3-5-16(20)12-24/h3-10,13-15,19,21-22H,11H2,1-2H3,(H2,26,27,28)/t14-,15+,19-,21+,22-/m0/s1. The highest BCUT2D eigenvalue weighted by molar-refractivity contribution is 5.77. The number of benzene rings is 1. The molecule has 28 heavy (non-hydrogen) atoms. The molecule has 2 aliphatic rings. The minimum atomic E-state index is -0.0617. The molecule has 1 aliphatic heterocycles. The number of rotatable bonds is 3. The van der Waals surface area contributed by atoms with Gasteiger partial charge in [-0.05, 0) is 36.5 Å². The van der Waals surface area contributed by atoms with Gasteiger partial charge < -0.3 is 10.6 Å². The molecular formula is C23H24N4O. The summed E-state index contributed by atoms with van der Waals surface area (Å²) < 4.78 is 0. The summed E-state index contributed by atoms with van der Waals surface area (Å²) in [5.41, 5.74) is 3.34. The average Bonchev–Trinajstić information content (AvgIpc) is 3.08. The van der Waals surface area contributed by atoms with Gasteiger partial charge in [-0.2, -0.15) is 5.26 Å². The molecule has 1 aromatic heterocycles. The number of fused-ring (bicyclic) bond motifs is 1. The smallest absolute Gasteiger partial charge is 0.315 e. The summed E-state index contributed by atoms with van der Waals surface area (Å²) >= 11 is 0. The number of aromatic nitrogens is 1. The van der Waals surface area contributed by atoms with Crippen LogP contribution < -0.4 is 10.6 Å². The van der Waals surface area contributed by atoms with Gasteiger partial charge >= 0.3 is 6.03 Å². The lowest BCUT2D eigenvalue weighted by molar-refractivity contribution is 0.165. The number of nitrogens with zero attached hydrogens (tertiary/aromatic N) is 2. The Balaban J connectivity index is 1.54. The number of pyridine rings is 1. The second-order valence-corrected chi connectivity index (χ2v) is 7.89.